The van der Waals surface area contributed by atoms with E-state index >= 15 is 0 Å². The van der Waals surface area contributed by atoms with E-state index in [2.05, 4.69) is 5.32 Å². The molecule has 0 bridgehead atoms. The highest BCUT2D eigenvalue weighted by atomic mass is 19.1. The van der Waals surface area contributed by atoms with E-state index in [1.165, 1.54) is 18.2 Å². The number of rotatable bonds is 4. The first-order valence-electron chi connectivity index (χ1n) is 6.37. The second-order valence-corrected chi connectivity index (χ2v) is 4.54. The molecule has 0 radical (unpaired) electrons. The summed E-state index contributed by atoms with van der Waals surface area (Å²) in [5.74, 6) is -0.601. The first-order valence-corrected chi connectivity index (χ1v) is 6.37. The van der Waals surface area contributed by atoms with Gasteiger partial charge in [0.15, 0.2) is 28.9 Å². The zero-order valence-corrected chi connectivity index (χ0v) is 11.3. The monoisotopic (exact) mass is 293 g/mol. The number of hydrogen-bond donors (Lipinski definition) is 1. The second-order valence-electron chi connectivity index (χ2n) is 4.54. The Kier molecular flexibility index (Phi) is 3.62. The molecule has 0 saturated carbocycles. The molecule has 1 aliphatic rings. The van der Waals surface area contributed by atoms with E-state index in [9.17, 15) is 8.78 Å². The Bertz CT molecular complexity index is 653. The van der Waals surface area contributed by atoms with Crippen molar-refractivity contribution < 1.29 is 23.0 Å². The molecule has 0 fully saturated rings. The zero-order valence-electron chi connectivity index (χ0n) is 11.3. The van der Waals surface area contributed by atoms with Gasteiger partial charge in [-0.1, -0.05) is 0 Å². The number of nitrogens with one attached hydrogen (secondary N) is 1. The fraction of sp³-hybridized carbons (Fsp3) is 0.200. The van der Waals surface area contributed by atoms with Crippen LogP contribution in [0.2, 0.25) is 0 Å². The molecule has 1 aliphatic heterocycles. The van der Waals surface area contributed by atoms with Gasteiger partial charge in [0.05, 0.1) is 0 Å². The fourth-order valence-corrected chi connectivity index (χ4v) is 2.07. The van der Waals surface area contributed by atoms with Gasteiger partial charge in [-0.05, 0) is 36.9 Å². The molecule has 3 rings (SSSR count). The molecule has 0 unspecified atom stereocenters. The van der Waals surface area contributed by atoms with E-state index in [1.807, 2.05) is 0 Å². The molecule has 2 aromatic rings. The summed E-state index contributed by atoms with van der Waals surface area (Å²) in [5.41, 5.74) is 0.505. The van der Waals surface area contributed by atoms with Gasteiger partial charge in [-0.15, -0.1) is 0 Å². The SMILES string of the molecule is CNCc1cc(F)c(Oc2ccc3c(c2)OCO3)c(F)c1. The first kappa shape index (κ1) is 13.6. The average molecular weight is 293 g/mol. The van der Waals surface area contributed by atoms with Crippen LogP contribution in [0.25, 0.3) is 0 Å². The number of benzene rings is 2. The Balaban J connectivity index is 1.87. The van der Waals surface area contributed by atoms with Crippen LogP contribution in [0.1, 0.15) is 5.56 Å². The maximum Gasteiger partial charge on any atom is 0.231 e. The summed E-state index contributed by atoms with van der Waals surface area (Å²) < 4.78 is 43.5. The summed E-state index contributed by atoms with van der Waals surface area (Å²) in [7, 11) is 1.70. The summed E-state index contributed by atoms with van der Waals surface area (Å²) in [6.45, 7) is 0.498. The fourth-order valence-electron chi connectivity index (χ4n) is 2.07. The molecular weight excluding hydrogens is 280 g/mol. The minimum atomic E-state index is -0.752. The van der Waals surface area contributed by atoms with Gasteiger partial charge in [0.1, 0.15) is 5.75 Å². The molecule has 1 heterocycles. The van der Waals surface area contributed by atoms with Crippen LogP contribution in [-0.2, 0) is 6.54 Å². The van der Waals surface area contributed by atoms with Gasteiger partial charge in [0.2, 0.25) is 6.79 Å². The van der Waals surface area contributed by atoms with Crippen molar-refractivity contribution in [3.8, 4) is 23.0 Å². The third-order valence-electron chi connectivity index (χ3n) is 3.00. The van der Waals surface area contributed by atoms with Crippen LogP contribution >= 0.6 is 0 Å². The largest absolute Gasteiger partial charge is 0.454 e. The Morgan fingerprint density at radius 1 is 1.10 bits per heavy atom. The van der Waals surface area contributed by atoms with Gasteiger partial charge in [-0.25, -0.2) is 8.78 Å². The molecule has 0 atom stereocenters. The van der Waals surface area contributed by atoms with Crippen LogP contribution in [0.15, 0.2) is 30.3 Å². The van der Waals surface area contributed by atoms with E-state index in [-0.39, 0.29) is 12.5 Å². The lowest BCUT2D eigenvalue weighted by Gasteiger charge is -2.10. The molecule has 0 spiro atoms. The predicted molar refractivity (Wildman–Crippen MR) is 71.8 cm³/mol. The first-order chi connectivity index (χ1) is 10.2. The molecule has 0 amide bonds. The van der Waals surface area contributed by atoms with Crippen LogP contribution in [0, 0.1) is 11.6 Å². The minimum absolute atomic E-state index is 0.125. The number of fused-ring (bicyclic) bond motifs is 1. The van der Waals surface area contributed by atoms with Crippen LogP contribution in [-0.4, -0.2) is 13.8 Å². The van der Waals surface area contributed by atoms with Crippen LogP contribution in [0.3, 0.4) is 0 Å². The lowest BCUT2D eigenvalue weighted by Crippen LogP contribution is -2.06. The smallest absolute Gasteiger partial charge is 0.231 e. The Morgan fingerprint density at radius 3 is 2.52 bits per heavy atom. The molecule has 0 saturated heterocycles. The Morgan fingerprint density at radius 2 is 1.81 bits per heavy atom. The molecule has 1 N–H and O–H groups in total. The maximum atomic E-state index is 13.9. The number of hydrogen-bond acceptors (Lipinski definition) is 4. The van der Waals surface area contributed by atoms with Gasteiger partial charge >= 0.3 is 0 Å². The molecule has 6 heteroatoms. The Labute approximate surface area is 120 Å². The molecule has 2 aromatic carbocycles. The van der Waals surface area contributed by atoms with E-state index in [1.54, 1.807) is 19.2 Å². The summed E-state index contributed by atoms with van der Waals surface area (Å²) >= 11 is 0. The summed E-state index contributed by atoms with van der Waals surface area (Å²) in [4.78, 5) is 0. The lowest BCUT2D eigenvalue weighted by molar-refractivity contribution is 0.174. The van der Waals surface area contributed by atoms with Crippen LogP contribution < -0.4 is 19.5 Å². The third-order valence-corrected chi connectivity index (χ3v) is 3.00. The standard InChI is InChI=1S/C15H13F2NO3/c1-18-7-9-4-11(16)15(12(17)5-9)21-10-2-3-13-14(6-10)20-8-19-13/h2-6,18H,7-8H2,1H3. The van der Waals surface area contributed by atoms with Gasteiger partial charge in [-0.2, -0.15) is 0 Å². The summed E-state index contributed by atoms with van der Waals surface area (Å²) in [6.07, 6.45) is 0. The van der Waals surface area contributed by atoms with E-state index in [0.717, 1.165) is 0 Å². The number of ether oxygens (including phenoxy) is 3. The van der Waals surface area contributed by atoms with Crippen molar-refractivity contribution in [1.29, 1.82) is 0 Å². The van der Waals surface area contributed by atoms with Crippen molar-refractivity contribution >= 4 is 0 Å². The highest BCUT2D eigenvalue weighted by molar-refractivity contribution is 5.48. The Hall–Kier alpha value is -2.34. The highest BCUT2D eigenvalue weighted by Crippen LogP contribution is 2.37. The third kappa shape index (κ3) is 2.75. The molecule has 21 heavy (non-hydrogen) atoms. The van der Waals surface area contributed by atoms with Crippen LogP contribution in [0.4, 0.5) is 8.78 Å². The summed E-state index contributed by atoms with van der Waals surface area (Å²) in [6, 6.07) is 7.20. The normalized spacial score (nSPS) is 12.5. The van der Waals surface area contributed by atoms with E-state index in [0.29, 0.717) is 23.6 Å². The van der Waals surface area contributed by atoms with Crippen molar-refractivity contribution in [3.05, 3.63) is 47.5 Å². The highest BCUT2D eigenvalue weighted by Gasteiger charge is 2.17. The lowest BCUT2D eigenvalue weighted by atomic mass is 10.2. The van der Waals surface area contributed by atoms with Gasteiger partial charge < -0.3 is 19.5 Å². The number of halogens is 2. The van der Waals surface area contributed by atoms with Gasteiger partial charge in [0, 0.05) is 12.6 Å². The molecule has 110 valence electrons. The molecular formula is C15H13F2NO3. The predicted octanol–water partition coefficient (Wildman–Crippen LogP) is 3.21. The van der Waals surface area contributed by atoms with Gasteiger partial charge in [-0.3, -0.25) is 0 Å². The van der Waals surface area contributed by atoms with E-state index < -0.39 is 17.4 Å². The quantitative estimate of drug-likeness (QED) is 0.939. The second kappa shape index (κ2) is 5.57. The molecule has 0 aromatic heterocycles. The maximum absolute atomic E-state index is 13.9. The molecule has 0 aliphatic carbocycles. The van der Waals surface area contributed by atoms with Crippen molar-refractivity contribution in [2.24, 2.45) is 0 Å². The van der Waals surface area contributed by atoms with Crippen molar-refractivity contribution in [3.63, 3.8) is 0 Å². The van der Waals surface area contributed by atoms with Crippen LogP contribution in [0.5, 0.6) is 23.0 Å². The topological polar surface area (TPSA) is 39.7 Å². The van der Waals surface area contributed by atoms with Crippen molar-refractivity contribution in [1.82, 2.24) is 5.32 Å². The van der Waals surface area contributed by atoms with Gasteiger partial charge in [0.25, 0.3) is 0 Å². The minimum Gasteiger partial charge on any atom is -0.454 e. The average Bonchev–Trinajstić information content (AvgIpc) is 2.91. The molecule has 4 nitrogen and oxygen atoms in total. The van der Waals surface area contributed by atoms with E-state index in [4.69, 9.17) is 14.2 Å². The van der Waals surface area contributed by atoms with Crippen molar-refractivity contribution in [2.75, 3.05) is 13.8 Å². The zero-order chi connectivity index (χ0) is 14.8. The summed E-state index contributed by atoms with van der Waals surface area (Å²) in [5, 5.41) is 2.83. The van der Waals surface area contributed by atoms with Crippen molar-refractivity contribution in [2.45, 2.75) is 6.54 Å².